The second-order valence-electron chi connectivity index (χ2n) is 4.87. The fourth-order valence-corrected chi connectivity index (χ4v) is 1.88. The van der Waals surface area contributed by atoms with Crippen LogP contribution in [-0.2, 0) is 4.79 Å². The molecule has 2 N–H and O–H groups in total. The van der Waals surface area contributed by atoms with Gasteiger partial charge in [0.15, 0.2) is 5.76 Å². The van der Waals surface area contributed by atoms with E-state index < -0.39 is 5.82 Å². The standard InChI is InChI=1S/C16H17FN2O3/c1-11-6-7-13(12(17)10-11)19-15(20)5-2-8-18-16(21)14-4-3-9-22-14/h3-4,6-7,9-10H,2,5,8H2,1H3,(H,18,21)(H,19,20). The molecule has 1 heterocycles. The lowest BCUT2D eigenvalue weighted by molar-refractivity contribution is -0.116. The number of amides is 2. The van der Waals surface area contributed by atoms with Gasteiger partial charge in [-0.2, -0.15) is 0 Å². The summed E-state index contributed by atoms with van der Waals surface area (Å²) in [7, 11) is 0. The van der Waals surface area contributed by atoms with Crippen LogP contribution in [0.4, 0.5) is 10.1 Å². The van der Waals surface area contributed by atoms with E-state index in [-0.39, 0.29) is 29.7 Å². The Bertz CT molecular complexity index is 653. The van der Waals surface area contributed by atoms with Crippen molar-refractivity contribution in [3.05, 3.63) is 53.7 Å². The molecule has 0 radical (unpaired) electrons. The normalized spacial score (nSPS) is 10.3. The van der Waals surface area contributed by atoms with Crippen LogP contribution in [0.15, 0.2) is 41.0 Å². The maximum Gasteiger partial charge on any atom is 0.286 e. The minimum atomic E-state index is -0.459. The molecule has 0 aliphatic rings. The van der Waals surface area contributed by atoms with Crippen LogP contribution >= 0.6 is 0 Å². The summed E-state index contributed by atoms with van der Waals surface area (Å²) in [5.41, 5.74) is 0.950. The largest absolute Gasteiger partial charge is 0.459 e. The number of benzene rings is 1. The number of anilines is 1. The fourth-order valence-electron chi connectivity index (χ4n) is 1.88. The Kier molecular flexibility index (Phi) is 5.30. The van der Waals surface area contributed by atoms with Crippen molar-refractivity contribution in [2.45, 2.75) is 19.8 Å². The van der Waals surface area contributed by atoms with Gasteiger partial charge in [0.1, 0.15) is 5.82 Å². The molecule has 5 nitrogen and oxygen atoms in total. The van der Waals surface area contributed by atoms with Crippen molar-refractivity contribution in [1.82, 2.24) is 5.32 Å². The third-order valence-corrected chi connectivity index (χ3v) is 3.01. The molecule has 6 heteroatoms. The number of rotatable bonds is 6. The van der Waals surface area contributed by atoms with E-state index in [1.54, 1.807) is 25.1 Å². The van der Waals surface area contributed by atoms with Gasteiger partial charge in [0, 0.05) is 13.0 Å². The minimum Gasteiger partial charge on any atom is -0.459 e. The molecule has 2 aromatic rings. The lowest BCUT2D eigenvalue weighted by Crippen LogP contribution is -2.25. The van der Waals surface area contributed by atoms with Gasteiger partial charge in [-0.1, -0.05) is 6.07 Å². The zero-order chi connectivity index (χ0) is 15.9. The summed E-state index contributed by atoms with van der Waals surface area (Å²) < 4.78 is 18.5. The van der Waals surface area contributed by atoms with E-state index >= 15 is 0 Å². The van der Waals surface area contributed by atoms with Crippen LogP contribution in [0.25, 0.3) is 0 Å². The molecule has 0 aliphatic heterocycles. The molecule has 1 aromatic carbocycles. The molecule has 0 spiro atoms. The highest BCUT2D eigenvalue weighted by Gasteiger charge is 2.09. The van der Waals surface area contributed by atoms with Gasteiger partial charge in [-0.05, 0) is 43.2 Å². The van der Waals surface area contributed by atoms with Crippen molar-refractivity contribution in [3.8, 4) is 0 Å². The number of carbonyl (C=O) groups is 2. The molecule has 2 amide bonds. The molecule has 0 saturated heterocycles. The van der Waals surface area contributed by atoms with Crippen molar-refractivity contribution in [3.63, 3.8) is 0 Å². The highest BCUT2D eigenvalue weighted by molar-refractivity contribution is 5.92. The molecule has 0 fully saturated rings. The monoisotopic (exact) mass is 304 g/mol. The van der Waals surface area contributed by atoms with Crippen LogP contribution < -0.4 is 10.6 Å². The number of hydrogen-bond acceptors (Lipinski definition) is 3. The predicted octanol–water partition coefficient (Wildman–Crippen LogP) is 2.88. The molecule has 0 saturated carbocycles. The first-order valence-electron chi connectivity index (χ1n) is 6.94. The lowest BCUT2D eigenvalue weighted by Gasteiger charge is -2.07. The first-order chi connectivity index (χ1) is 10.6. The van der Waals surface area contributed by atoms with E-state index in [2.05, 4.69) is 10.6 Å². The van der Waals surface area contributed by atoms with Gasteiger partial charge in [0.2, 0.25) is 5.91 Å². The maximum atomic E-state index is 13.6. The smallest absolute Gasteiger partial charge is 0.286 e. The van der Waals surface area contributed by atoms with Crippen molar-refractivity contribution >= 4 is 17.5 Å². The molecule has 0 unspecified atom stereocenters. The van der Waals surface area contributed by atoms with Gasteiger partial charge in [0.05, 0.1) is 12.0 Å². The van der Waals surface area contributed by atoms with E-state index in [9.17, 15) is 14.0 Å². The zero-order valence-electron chi connectivity index (χ0n) is 12.2. The Labute approximate surface area is 127 Å². The molecular weight excluding hydrogens is 287 g/mol. The second-order valence-corrected chi connectivity index (χ2v) is 4.87. The fraction of sp³-hybridized carbons (Fsp3) is 0.250. The van der Waals surface area contributed by atoms with Crippen molar-refractivity contribution in [2.75, 3.05) is 11.9 Å². The van der Waals surface area contributed by atoms with E-state index in [4.69, 9.17) is 4.42 Å². The van der Waals surface area contributed by atoms with Crippen molar-refractivity contribution < 1.29 is 18.4 Å². The summed E-state index contributed by atoms with van der Waals surface area (Å²) >= 11 is 0. The summed E-state index contributed by atoms with van der Waals surface area (Å²) in [5.74, 6) is -0.851. The van der Waals surface area contributed by atoms with Gasteiger partial charge in [-0.3, -0.25) is 9.59 Å². The SMILES string of the molecule is Cc1ccc(NC(=O)CCCNC(=O)c2ccco2)c(F)c1. The van der Waals surface area contributed by atoms with Crippen LogP contribution in [-0.4, -0.2) is 18.4 Å². The first kappa shape index (κ1) is 15.8. The van der Waals surface area contributed by atoms with Crippen LogP contribution in [0.1, 0.15) is 29.0 Å². The molecule has 1 aromatic heterocycles. The third-order valence-electron chi connectivity index (χ3n) is 3.01. The molecule has 22 heavy (non-hydrogen) atoms. The molecule has 2 rings (SSSR count). The highest BCUT2D eigenvalue weighted by atomic mass is 19.1. The van der Waals surface area contributed by atoms with Gasteiger partial charge < -0.3 is 15.1 Å². The highest BCUT2D eigenvalue weighted by Crippen LogP contribution is 2.15. The first-order valence-corrected chi connectivity index (χ1v) is 6.94. The molecular formula is C16H17FN2O3. The zero-order valence-corrected chi connectivity index (χ0v) is 12.2. The van der Waals surface area contributed by atoms with Gasteiger partial charge in [-0.25, -0.2) is 4.39 Å². The number of carbonyl (C=O) groups excluding carboxylic acids is 2. The van der Waals surface area contributed by atoms with Crippen LogP contribution in [0.3, 0.4) is 0 Å². The van der Waals surface area contributed by atoms with Crippen molar-refractivity contribution in [1.29, 1.82) is 0 Å². The summed E-state index contributed by atoms with van der Waals surface area (Å²) in [5, 5.41) is 5.14. The van der Waals surface area contributed by atoms with E-state index in [1.165, 1.54) is 18.4 Å². The predicted molar refractivity (Wildman–Crippen MR) is 80.0 cm³/mol. The number of hydrogen-bond donors (Lipinski definition) is 2. The van der Waals surface area contributed by atoms with E-state index in [0.29, 0.717) is 13.0 Å². The third kappa shape index (κ3) is 4.44. The molecule has 116 valence electrons. The quantitative estimate of drug-likeness (QED) is 0.806. The number of aryl methyl sites for hydroxylation is 1. The Morgan fingerprint density at radius 3 is 2.77 bits per heavy atom. The van der Waals surface area contributed by atoms with Crippen LogP contribution in [0.5, 0.6) is 0 Å². The summed E-state index contributed by atoms with van der Waals surface area (Å²) in [6, 6.07) is 7.80. The Morgan fingerprint density at radius 2 is 2.09 bits per heavy atom. The van der Waals surface area contributed by atoms with Gasteiger partial charge in [-0.15, -0.1) is 0 Å². The van der Waals surface area contributed by atoms with Gasteiger partial charge in [0.25, 0.3) is 5.91 Å². The second kappa shape index (κ2) is 7.40. The van der Waals surface area contributed by atoms with Crippen molar-refractivity contribution in [2.24, 2.45) is 0 Å². The summed E-state index contributed by atoms with van der Waals surface area (Å²) in [6.07, 6.45) is 2.05. The molecule has 0 aliphatic carbocycles. The van der Waals surface area contributed by atoms with Crippen LogP contribution in [0, 0.1) is 12.7 Å². The number of nitrogens with one attached hydrogen (secondary N) is 2. The summed E-state index contributed by atoms with van der Waals surface area (Å²) in [6.45, 7) is 2.11. The Morgan fingerprint density at radius 1 is 1.27 bits per heavy atom. The van der Waals surface area contributed by atoms with Crippen LogP contribution in [0.2, 0.25) is 0 Å². The summed E-state index contributed by atoms with van der Waals surface area (Å²) in [4.78, 5) is 23.3. The molecule has 0 bridgehead atoms. The maximum absolute atomic E-state index is 13.6. The average molecular weight is 304 g/mol. The Hall–Kier alpha value is -2.63. The number of furan rings is 1. The van der Waals surface area contributed by atoms with E-state index in [1.807, 2.05) is 0 Å². The number of halogens is 1. The Balaban J connectivity index is 1.71. The lowest BCUT2D eigenvalue weighted by atomic mass is 10.2. The molecule has 0 atom stereocenters. The van der Waals surface area contributed by atoms with Gasteiger partial charge >= 0.3 is 0 Å². The topological polar surface area (TPSA) is 71.3 Å². The van der Waals surface area contributed by atoms with E-state index in [0.717, 1.165) is 5.56 Å². The average Bonchev–Trinajstić information content (AvgIpc) is 3.01. The minimum absolute atomic E-state index is 0.162.